The quantitative estimate of drug-likeness (QED) is 0.174. The SMILES string of the molecule is COc1ccc(C#C[Si@]2(C(C)(C)C)c3ccccc3-c3c2c(-c2ccc(OC)cc2)n(-c2ccccc2)c(=O)c3C)cc1. The summed E-state index contributed by atoms with van der Waals surface area (Å²) in [5.41, 5.74) is 10.5. The summed E-state index contributed by atoms with van der Waals surface area (Å²) in [4.78, 5) is 14.5. The summed E-state index contributed by atoms with van der Waals surface area (Å²) >= 11 is 0. The van der Waals surface area contributed by atoms with Gasteiger partial charge in [-0.25, -0.2) is 0 Å². The lowest BCUT2D eigenvalue weighted by Crippen LogP contribution is -2.62. The number of nitrogens with zero attached hydrogens (tertiary/aromatic N) is 1. The Kier molecular flexibility index (Phi) is 7.12. The monoisotopic (exact) mass is 581 g/mol. The number of benzene rings is 4. The van der Waals surface area contributed by atoms with Crippen LogP contribution >= 0.6 is 0 Å². The van der Waals surface area contributed by atoms with E-state index < -0.39 is 8.07 Å². The van der Waals surface area contributed by atoms with Gasteiger partial charge >= 0.3 is 0 Å². The molecule has 43 heavy (non-hydrogen) atoms. The lowest BCUT2D eigenvalue weighted by Gasteiger charge is -2.39. The average Bonchev–Trinajstić information content (AvgIpc) is 3.34. The van der Waals surface area contributed by atoms with E-state index in [2.05, 4.69) is 68.6 Å². The minimum Gasteiger partial charge on any atom is -0.497 e. The number of hydrogen-bond acceptors (Lipinski definition) is 3. The number of fused-ring (bicyclic) bond motifs is 3. The smallest absolute Gasteiger partial charge is 0.259 e. The molecule has 0 saturated heterocycles. The molecule has 0 fully saturated rings. The van der Waals surface area contributed by atoms with Gasteiger partial charge in [0.2, 0.25) is 8.07 Å². The van der Waals surface area contributed by atoms with Gasteiger partial charge in [-0.05, 0) is 99.7 Å². The molecule has 0 saturated carbocycles. The van der Waals surface area contributed by atoms with Gasteiger partial charge < -0.3 is 9.47 Å². The van der Waals surface area contributed by atoms with Crippen LogP contribution in [0.2, 0.25) is 5.04 Å². The summed E-state index contributed by atoms with van der Waals surface area (Å²) in [6.07, 6.45) is 0. The number of aromatic nitrogens is 1. The topological polar surface area (TPSA) is 40.5 Å². The first-order valence-corrected chi connectivity index (χ1v) is 16.5. The number of hydrogen-bond donors (Lipinski definition) is 0. The Balaban J connectivity index is 1.81. The van der Waals surface area contributed by atoms with Crippen molar-refractivity contribution in [2.75, 3.05) is 14.2 Å². The molecule has 0 radical (unpaired) electrons. The van der Waals surface area contributed by atoms with Crippen molar-refractivity contribution in [1.29, 1.82) is 0 Å². The zero-order valence-corrected chi connectivity index (χ0v) is 26.5. The van der Waals surface area contributed by atoms with Crippen LogP contribution in [0.1, 0.15) is 31.9 Å². The second-order valence-electron chi connectivity index (χ2n) is 12.0. The van der Waals surface area contributed by atoms with E-state index >= 15 is 0 Å². The second-order valence-corrected chi connectivity index (χ2v) is 16.2. The van der Waals surface area contributed by atoms with Gasteiger partial charge in [-0.2, -0.15) is 0 Å². The molecule has 1 aromatic heterocycles. The third kappa shape index (κ3) is 4.50. The first kappa shape index (κ1) is 28.3. The Hall–Kier alpha value is -4.79. The molecule has 2 heterocycles. The van der Waals surface area contributed by atoms with Gasteiger partial charge in [0.05, 0.1) is 19.9 Å². The van der Waals surface area contributed by atoms with Crippen LogP contribution in [-0.2, 0) is 0 Å². The Bertz CT molecular complexity index is 1940. The van der Waals surface area contributed by atoms with E-state index in [4.69, 9.17) is 9.47 Å². The van der Waals surface area contributed by atoms with Gasteiger partial charge in [0.15, 0.2) is 0 Å². The third-order valence-corrected chi connectivity index (χ3v) is 13.8. The van der Waals surface area contributed by atoms with E-state index in [0.717, 1.165) is 50.7 Å². The fourth-order valence-corrected chi connectivity index (χ4v) is 11.5. The maximum atomic E-state index is 14.5. The third-order valence-electron chi connectivity index (χ3n) is 8.57. The number of methoxy groups -OCH3 is 2. The summed E-state index contributed by atoms with van der Waals surface area (Å²) in [5.74, 6) is 5.17. The van der Waals surface area contributed by atoms with Crippen LogP contribution in [0.25, 0.3) is 28.1 Å². The molecule has 0 N–H and O–H groups in total. The number of para-hydroxylation sites is 1. The average molecular weight is 582 g/mol. The predicted molar refractivity (Wildman–Crippen MR) is 179 cm³/mol. The molecule has 5 aromatic rings. The largest absolute Gasteiger partial charge is 0.497 e. The summed E-state index contributed by atoms with van der Waals surface area (Å²) in [6, 6.07) is 34.5. The number of pyridine rings is 1. The highest BCUT2D eigenvalue weighted by molar-refractivity contribution is 7.13. The normalized spacial score (nSPS) is 15.2. The molecule has 4 nitrogen and oxygen atoms in total. The Morgan fingerprint density at radius 3 is 1.93 bits per heavy atom. The van der Waals surface area contributed by atoms with Crippen LogP contribution in [0.15, 0.2) is 108 Å². The first-order valence-electron chi connectivity index (χ1n) is 14.5. The van der Waals surface area contributed by atoms with E-state index in [9.17, 15) is 4.79 Å². The van der Waals surface area contributed by atoms with Crippen molar-refractivity contribution >= 4 is 18.4 Å². The molecule has 0 bridgehead atoms. The van der Waals surface area contributed by atoms with Crippen molar-refractivity contribution < 1.29 is 9.47 Å². The number of ether oxygens (including phenoxy) is 2. The molecule has 6 rings (SSSR count). The summed E-state index contributed by atoms with van der Waals surface area (Å²) < 4.78 is 12.8. The van der Waals surface area contributed by atoms with Crippen molar-refractivity contribution in [1.82, 2.24) is 4.57 Å². The van der Waals surface area contributed by atoms with E-state index in [-0.39, 0.29) is 10.6 Å². The molecule has 1 atom stereocenters. The van der Waals surface area contributed by atoms with Gasteiger partial charge in [0.1, 0.15) is 11.5 Å². The van der Waals surface area contributed by atoms with Crippen LogP contribution in [0.4, 0.5) is 0 Å². The molecular weight excluding hydrogens is 547 g/mol. The van der Waals surface area contributed by atoms with Crippen molar-refractivity contribution in [2.45, 2.75) is 32.7 Å². The molecular formula is C38H35NO3Si. The minimum absolute atomic E-state index is 0.0209. The Morgan fingerprint density at radius 1 is 0.744 bits per heavy atom. The van der Waals surface area contributed by atoms with Gasteiger partial charge in [0.25, 0.3) is 5.56 Å². The van der Waals surface area contributed by atoms with Crippen molar-refractivity contribution in [2.24, 2.45) is 0 Å². The Morgan fingerprint density at radius 2 is 1.33 bits per heavy atom. The maximum absolute atomic E-state index is 14.5. The fraction of sp³-hybridized carbons (Fsp3) is 0.184. The lowest BCUT2D eigenvalue weighted by molar-refractivity contribution is 0.414. The first-order chi connectivity index (χ1) is 20.7. The molecule has 0 unspecified atom stereocenters. The van der Waals surface area contributed by atoms with Gasteiger partial charge in [-0.15, -0.1) is 5.54 Å². The standard InChI is InChI=1S/C38H35NO3Si/c1-26-34-32-14-10-11-15-33(32)43(38(2,3)4,25-24-27-16-20-30(41-5)21-17-27)36(34)35(28-18-22-31(42-6)23-19-28)39(37(26)40)29-12-8-7-9-13-29/h7-23H,1-6H3/t43-/m0/s1. The van der Waals surface area contributed by atoms with Crippen molar-refractivity contribution in [3.63, 3.8) is 0 Å². The summed E-state index contributed by atoms with van der Waals surface area (Å²) in [5, 5.41) is 2.22. The van der Waals surface area contributed by atoms with Crippen molar-refractivity contribution in [3.05, 3.63) is 125 Å². The predicted octanol–water partition coefficient (Wildman–Crippen LogP) is 6.76. The zero-order valence-electron chi connectivity index (χ0n) is 25.5. The number of rotatable bonds is 4. The zero-order chi connectivity index (χ0) is 30.4. The van der Waals surface area contributed by atoms with Crippen LogP contribution in [-0.4, -0.2) is 26.9 Å². The maximum Gasteiger partial charge on any atom is 0.259 e. The molecule has 0 amide bonds. The van der Waals surface area contributed by atoms with Gasteiger partial charge in [-0.1, -0.05) is 69.2 Å². The van der Waals surface area contributed by atoms with E-state index in [0.29, 0.717) is 0 Å². The Labute approximate surface area is 254 Å². The van der Waals surface area contributed by atoms with Crippen LogP contribution in [0.3, 0.4) is 0 Å². The van der Waals surface area contributed by atoms with E-state index in [1.54, 1.807) is 14.2 Å². The molecule has 0 spiro atoms. The molecule has 1 aliphatic rings. The molecule has 0 aliphatic carbocycles. The van der Waals surface area contributed by atoms with Crippen LogP contribution in [0.5, 0.6) is 11.5 Å². The molecule has 4 aromatic carbocycles. The van der Waals surface area contributed by atoms with E-state index in [1.807, 2.05) is 78.2 Å². The van der Waals surface area contributed by atoms with Crippen LogP contribution < -0.4 is 25.4 Å². The fourth-order valence-electron chi connectivity index (χ4n) is 6.44. The highest BCUT2D eigenvalue weighted by Crippen LogP contribution is 2.45. The van der Waals surface area contributed by atoms with E-state index in [1.165, 1.54) is 10.4 Å². The van der Waals surface area contributed by atoms with Crippen LogP contribution in [0, 0.1) is 18.4 Å². The van der Waals surface area contributed by atoms with Crippen molar-refractivity contribution in [3.8, 4) is 51.0 Å². The minimum atomic E-state index is -2.93. The summed E-state index contributed by atoms with van der Waals surface area (Å²) in [6.45, 7) is 8.88. The molecule has 1 aliphatic heterocycles. The summed E-state index contributed by atoms with van der Waals surface area (Å²) in [7, 11) is 0.407. The second kappa shape index (κ2) is 10.8. The lowest BCUT2D eigenvalue weighted by atomic mass is 9.98. The molecule has 214 valence electrons. The van der Waals surface area contributed by atoms with Gasteiger partial charge in [0, 0.05) is 16.8 Å². The molecule has 5 heteroatoms. The highest BCUT2D eigenvalue weighted by atomic mass is 28.3. The highest BCUT2D eigenvalue weighted by Gasteiger charge is 2.55. The van der Waals surface area contributed by atoms with Gasteiger partial charge in [-0.3, -0.25) is 9.36 Å².